The number of nitrogens with zero attached hydrogens (tertiary/aromatic N) is 2. The highest BCUT2D eigenvalue weighted by atomic mass is 32.2. The zero-order valence-electron chi connectivity index (χ0n) is 17.0. The van der Waals surface area contributed by atoms with E-state index in [0.29, 0.717) is 25.9 Å². The Bertz CT molecular complexity index is 794. The molecule has 2 aliphatic rings. The van der Waals surface area contributed by atoms with E-state index < -0.39 is 15.6 Å². The van der Waals surface area contributed by atoms with Crippen molar-refractivity contribution in [2.75, 3.05) is 19.6 Å². The van der Waals surface area contributed by atoms with Crippen LogP contribution in [0.5, 0.6) is 0 Å². The maximum atomic E-state index is 13.4. The third-order valence-electron chi connectivity index (χ3n) is 5.93. The molecular weight excluding hydrogens is 360 g/mol. The van der Waals surface area contributed by atoms with Crippen LogP contribution in [0.3, 0.4) is 0 Å². The van der Waals surface area contributed by atoms with Gasteiger partial charge >= 0.3 is 0 Å². The SMILES string of the molecule is CCCN1CCCC2(CCCN2S(=O)(=O)c2ccc(C(C)(C)C)cc2)C1=O. The van der Waals surface area contributed by atoms with Crippen LogP contribution < -0.4 is 0 Å². The monoisotopic (exact) mass is 392 g/mol. The lowest BCUT2D eigenvalue weighted by atomic mass is 9.86. The topological polar surface area (TPSA) is 57.7 Å². The third-order valence-corrected chi connectivity index (χ3v) is 7.91. The molecule has 0 aliphatic carbocycles. The first-order valence-electron chi connectivity index (χ1n) is 10.1. The van der Waals surface area contributed by atoms with Crippen molar-refractivity contribution in [3.8, 4) is 0 Å². The first-order chi connectivity index (χ1) is 12.6. The molecule has 1 amide bonds. The average molecular weight is 393 g/mol. The van der Waals surface area contributed by atoms with Crippen molar-refractivity contribution < 1.29 is 13.2 Å². The van der Waals surface area contributed by atoms with Gasteiger partial charge in [0.25, 0.3) is 0 Å². The highest BCUT2D eigenvalue weighted by Gasteiger charge is 2.55. The highest BCUT2D eigenvalue weighted by molar-refractivity contribution is 7.89. The lowest BCUT2D eigenvalue weighted by Crippen LogP contribution is -2.61. The van der Waals surface area contributed by atoms with E-state index in [4.69, 9.17) is 0 Å². The van der Waals surface area contributed by atoms with Crippen LogP contribution in [0.1, 0.15) is 65.4 Å². The number of likely N-dealkylation sites (tertiary alicyclic amines) is 1. The number of amides is 1. The van der Waals surface area contributed by atoms with E-state index in [2.05, 4.69) is 27.7 Å². The van der Waals surface area contributed by atoms with Gasteiger partial charge in [-0.15, -0.1) is 0 Å². The normalized spacial score (nSPS) is 24.7. The second-order valence-corrected chi connectivity index (χ2v) is 10.7. The van der Waals surface area contributed by atoms with Crippen LogP contribution in [-0.4, -0.2) is 48.7 Å². The van der Waals surface area contributed by atoms with Gasteiger partial charge in [0.05, 0.1) is 4.90 Å². The minimum absolute atomic E-state index is 0.00277. The van der Waals surface area contributed by atoms with Gasteiger partial charge in [-0.1, -0.05) is 39.8 Å². The Morgan fingerprint density at radius 1 is 1.04 bits per heavy atom. The van der Waals surface area contributed by atoms with E-state index in [1.165, 1.54) is 4.31 Å². The zero-order chi connectivity index (χ0) is 19.9. The Balaban J connectivity index is 1.95. The summed E-state index contributed by atoms with van der Waals surface area (Å²) in [5.74, 6) is 0.00277. The van der Waals surface area contributed by atoms with Crippen LogP contribution in [-0.2, 0) is 20.2 Å². The van der Waals surface area contributed by atoms with Crippen LogP contribution in [0, 0.1) is 0 Å². The predicted octanol–water partition coefficient (Wildman–Crippen LogP) is 3.54. The Kier molecular flexibility index (Phi) is 5.43. The first-order valence-corrected chi connectivity index (χ1v) is 11.5. The molecule has 1 aromatic rings. The van der Waals surface area contributed by atoms with E-state index in [1.807, 2.05) is 17.0 Å². The molecule has 1 unspecified atom stereocenters. The summed E-state index contributed by atoms with van der Waals surface area (Å²) < 4.78 is 28.4. The molecule has 5 nitrogen and oxygen atoms in total. The van der Waals surface area contributed by atoms with Crippen molar-refractivity contribution in [2.24, 2.45) is 0 Å². The molecule has 0 radical (unpaired) electrons. The minimum atomic E-state index is -3.69. The number of sulfonamides is 1. The first kappa shape index (κ1) is 20.3. The molecular formula is C21H32N2O3S. The molecule has 1 aromatic carbocycles. The maximum Gasteiger partial charge on any atom is 0.244 e. The molecule has 0 saturated carbocycles. The van der Waals surface area contributed by atoms with Crippen LogP contribution in [0.4, 0.5) is 0 Å². The van der Waals surface area contributed by atoms with Crippen LogP contribution >= 0.6 is 0 Å². The molecule has 0 N–H and O–H groups in total. The van der Waals surface area contributed by atoms with Gasteiger partial charge in [0.15, 0.2) is 0 Å². The molecule has 27 heavy (non-hydrogen) atoms. The molecule has 3 rings (SSSR count). The van der Waals surface area contributed by atoms with Crippen LogP contribution in [0.25, 0.3) is 0 Å². The molecule has 150 valence electrons. The summed E-state index contributed by atoms with van der Waals surface area (Å²) in [5, 5.41) is 0. The summed E-state index contributed by atoms with van der Waals surface area (Å²) in [6, 6.07) is 7.17. The van der Waals surface area contributed by atoms with Crippen molar-refractivity contribution in [3.05, 3.63) is 29.8 Å². The summed E-state index contributed by atoms with van der Waals surface area (Å²) in [7, 11) is -3.69. The standard InChI is InChI=1S/C21H32N2O3S/c1-5-14-22-15-6-12-21(19(22)24)13-7-16-23(21)27(25,26)18-10-8-17(9-11-18)20(2,3)4/h8-11H,5-7,12-16H2,1-4H3. The summed E-state index contributed by atoms with van der Waals surface area (Å²) in [4.78, 5) is 15.4. The number of hydrogen-bond acceptors (Lipinski definition) is 3. The van der Waals surface area contributed by atoms with Gasteiger partial charge in [-0.25, -0.2) is 8.42 Å². The van der Waals surface area contributed by atoms with E-state index in [9.17, 15) is 13.2 Å². The van der Waals surface area contributed by atoms with Gasteiger partial charge in [-0.3, -0.25) is 4.79 Å². The van der Waals surface area contributed by atoms with Crippen molar-refractivity contribution in [2.45, 2.75) is 75.6 Å². The van der Waals surface area contributed by atoms with Crippen molar-refractivity contribution >= 4 is 15.9 Å². The van der Waals surface area contributed by atoms with Crippen LogP contribution in [0.2, 0.25) is 0 Å². The number of benzene rings is 1. The fraction of sp³-hybridized carbons (Fsp3) is 0.667. The Labute approximate surface area is 163 Å². The summed E-state index contributed by atoms with van der Waals surface area (Å²) in [6.07, 6.45) is 3.76. The highest BCUT2D eigenvalue weighted by Crippen LogP contribution is 2.41. The quantitative estimate of drug-likeness (QED) is 0.787. The number of piperidine rings is 1. The molecule has 2 saturated heterocycles. The minimum Gasteiger partial charge on any atom is -0.341 e. The predicted molar refractivity (Wildman–Crippen MR) is 107 cm³/mol. The van der Waals surface area contributed by atoms with E-state index in [0.717, 1.165) is 31.4 Å². The summed E-state index contributed by atoms with van der Waals surface area (Å²) in [6.45, 7) is 10.2. The van der Waals surface area contributed by atoms with E-state index in [-0.39, 0.29) is 16.2 Å². The third kappa shape index (κ3) is 3.54. The fourth-order valence-corrected chi connectivity index (χ4v) is 6.29. The molecule has 0 bridgehead atoms. The van der Waals surface area contributed by atoms with Crippen molar-refractivity contribution in [3.63, 3.8) is 0 Å². The Morgan fingerprint density at radius 3 is 2.19 bits per heavy atom. The van der Waals surface area contributed by atoms with Gasteiger partial charge in [0, 0.05) is 19.6 Å². The van der Waals surface area contributed by atoms with Gasteiger partial charge in [-0.2, -0.15) is 4.31 Å². The van der Waals surface area contributed by atoms with E-state index >= 15 is 0 Å². The molecule has 2 aliphatic heterocycles. The molecule has 2 fully saturated rings. The number of rotatable bonds is 4. The largest absolute Gasteiger partial charge is 0.341 e. The molecule has 1 spiro atoms. The van der Waals surface area contributed by atoms with Gasteiger partial charge in [0.2, 0.25) is 15.9 Å². The van der Waals surface area contributed by atoms with Crippen molar-refractivity contribution in [1.82, 2.24) is 9.21 Å². The number of carbonyl (C=O) groups is 1. The van der Waals surface area contributed by atoms with E-state index in [1.54, 1.807) is 12.1 Å². The van der Waals surface area contributed by atoms with Crippen LogP contribution in [0.15, 0.2) is 29.2 Å². The van der Waals surface area contributed by atoms with Crippen molar-refractivity contribution in [1.29, 1.82) is 0 Å². The second-order valence-electron chi connectivity index (χ2n) is 8.88. The lowest BCUT2D eigenvalue weighted by Gasteiger charge is -2.43. The smallest absolute Gasteiger partial charge is 0.244 e. The Morgan fingerprint density at radius 2 is 1.63 bits per heavy atom. The summed E-state index contributed by atoms with van der Waals surface area (Å²) in [5.41, 5.74) is 0.187. The van der Waals surface area contributed by atoms with Gasteiger partial charge < -0.3 is 4.90 Å². The molecule has 2 heterocycles. The number of hydrogen-bond donors (Lipinski definition) is 0. The zero-order valence-corrected chi connectivity index (χ0v) is 17.8. The van der Waals surface area contributed by atoms with Gasteiger partial charge in [-0.05, 0) is 55.2 Å². The average Bonchev–Trinajstić information content (AvgIpc) is 3.04. The lowest BCUT2D eigenvalue weighted by molar-refractivity contribution is -0.144. The summed E-state index contributed by atoms with van der Waals surface area (Å²) >= 11 is 0. The molecule has 6 heteroatoms. The maximum absolute atomic E-state index is 13.4. The molecule has 1 atom stereocenters. The number of carbonyl (C=O) groups excluding carboxylic acids is 1. The Hall–Kier alpha value is -1.40. The second kappa shape index (κ2) is 7.21. The molecule has 0 aromatic heterocycles. The van der Waals surface area contributed by atoms with Gasteiger partial charge in [0.1, 0.15) is 5.54 Å². The fourth-order valence-electron chi connectivity index (χ4n) is 4.47.